The second-order valence-electron chi connectivity index (χ2n) is 2.79. The molecule has 0 bridgehead atoms. The summed E-state index contributed by atoms with van der Waals surface area (Å²) in [5, 5.41) is 8.23. The quantitative estimate of drug-likeness (QED) is 0.328. The number of nitrogens with zero attached hydrogens (tertiary/aromatic N) is 1. The minimum Gasteiger partial charge on any atom is -0.198 e. The van der Waals surface area contributed by atoms with Gasteiger partial charge in [0.2, 0.25) is 0 Å². The monoisotopic (exact) mass is 175 g/mol. The first kappa shape index (κ1) is 11.7. The van der Waals surface area contributed by atoms with Crippen LogP contribution in [0.5, 0.6) is 0 Å². The Labute approximate surface area is 81.1 Å². The van der Waals surface area contributed by atoms with Gasteiger partial charge in [-0.1, -0.05) is 30.4 Å². The van der Waals surface area contributed by atoms with Gasteiger partial charge in [0.25, 0.3) is 0 Å². The van der Waals surface area contributed by atoms with E-state index in [0.29, 0.717) is 6.42 Å². The van der Waals surface area contributed by atoms with Gasteiger partial charge < -0.3 is 0 Å². The molecule has 0 radical (unpaired) electrons. The van der Waals surface area contributed by atoms with Crippen molar-refractivity contribution in [2.75, 3.05) is 0 Å². The third kappa shape index (κ3) is 10.7. The summed E-state index contributed by atoms with van der Waals surface area (Å²) in [5.41, 5.74) is 0. The predicted octanol–water partition coefficient (Wildman–Crippen LogP) is 3.76. The molecule has 0 saturated heterocycles. The maximum atomic E-state index is 8.23. The highest BCUT2D eigenvalue weighted by Crippen LogP contribution is 2.00. The molecular formula is C12H17N. The molecule has 70 valence electrons. The summed E-state index contributed by atoms with van der Waals surface area (Å²) in [6, 6.07) is 2.05. The van der Waals surface area contributed by atoms with Crippen LogP contribution >= 0.6 is 0 Å². The SMILES string of the molecule is C=CCCCC/C=C/C=C/CC#N. The van der Waals surface area contributed by atoms with E-state index in [9.17, 15) is 0 Å². The third-order valence-electron chi connectivity index (χ3n) is 1.62. The Morgan fingerprint density at radius 3 is 2.46 bits per heavy atom. The van der Waals surface area contributed by atoms with Crippen LogP contribution in [0.25, 0.3) is 0 Å². The second-order valence-corrected chi connectivity index (χ2v) is 2.79. The van der Waals surface area contributed by atoms with Crippen molar-refractivity contribution in [3.05, 3.63) is 37.0 Å². The second kappa shape index (κ2) is 10.7. The van der Waals surface area contributed by atoms with Crippen LogP contribution < -0.4 is 0 Å². The summed E-state index contributed by atoms with van der Waals surface area (Å²) >= 11 is 0. The Morgan fingerprint density at radius 2 is 1.77 bits per heavy atom. The molecule has 0 aliphatic heterocycles. The topological polar surface area (TPSA) is 23.8 Å². The molecule has 0 fully saturated rings. The lowest BCUT2D eigenvalue weighted by atomic mass is 10.2. The van der Waals surface area contributed by atoms with Crippen molar-refractivity contribution in [1.29, 1.82) is 5.26 Å². The van der Waals surface area contributed by atoms with Crippen LogP contribution in [-0.4, -0.2) is 0 Å². The number of unbranched alkanes of at least 4 members (excludes halogenated alkanes) is 3. The summed E-state index contributed by atoms with van der Waals surface area (Å²) in [6.07, 6.45) is 15.0. The zero-order valence-electron chi connectivity index (χ0n) is 8.08. The van der Waals surface area contributed by atoms with E-state index in [2.05, 4.69) is 18.7 Å². The van der Waals surface area contributed by atoms with Gasteiger partial charge in [0, 0.05) is 0 Å². The van der Waals surface area contributed by atoms with Crippen molar-refractivity contribution in [1.82, 2.24) is 0 Å². The van der Waals surface area contributed by atoms with E-state index in [0.717, 1.165) is 12.8 Å². The summed E-state index contributed by atoms with van der Waals surface area (Å²) < 4.78 is 0. The summed E-state index contributed by atoms with van der Waals surface area (Å²) in [6.45, 7) is 3.67. The number of allylic oxidation sites excluding steroid dienone is 5. The van der Waals surface area contributed by atoms with Crippen molar-refractivity contribution < 1.29 is 0 Å². The summed E-state index contributed by atoms with van der Waals surface area (Å²) in [5.74, 6) is 0. The Morgan fingerprint density at radius 1 is 1.08 bits per heavy atom. The molecule has 0 saturated carbocycles. The Bertz CT molecular complexity index is 206. The number of hydrogen-bond acceptors (Lipinski definition) is 1. The normalized spacial score (nSPS) is 10.7. The maximum absolute atomic E-state index is 8.23. The highest BCUT2D eigenvalue weighted by Gasteiger charge is 1.81. The molecule has 0 aromatic heterocycles. The first-order chi connectivity index (χ1) is 6.41. The lowest BCUT2D eigenvalue weighted by Crippen LogP contribution is -1.70. The van der Waals surface area contributed by atoms with Gasteiger partial charge in [-0.2, -0.15) is 5.26 Å². The van der Waals surface area contributed by atoms with Crippen molar-refractivity contribution in [2.24, 2.45) is 0 Å². The molecule has 0 aromatic carbocycles. The van der Waals surface area contributed by atoms with Gasteiger partial charge in [-0.25, -0.2) is 0 Å². The van der Waals surface area contributed by atoms with Gasteiger partial charge in [-0.15, -0.1) is 6.58 Å². The van der Waals surface area contributed by atoms with Crippen LogP contribution in [0.1, 0.15) is 32.1 Å². The Kier molecular flexibility index (Phi) is 9.65. The fourth-order valence-corrected chi connectivity index (χ4v) is 0.925. The summed E-state index contributed by atoms with van der Waals surface area (Å²) in [7, 11) is 0. The van der Waals surface area contributed by atoms with Crippen LogP contribution in [0.3, 0.4) is 0 Å². The van der Waals surface area contributed by atoms with Gasteiger partial charge >= 0.3 is 0 Å². The molecule has 0 aromatic rings. The van der Waals surface area contributed by atoms with E-state index in [-0.39, 0.29) is 0 Å². The Balaban J connectivity index is 3.22. The molecule has 1 heteroatoms. The molecule has 0 spiro atoms. The molecule has 0 N–H and O–H groups in total. The van der Waals surface area contributed by atoms with Crippen molar-refractivity contribution in [2.45, 2.75) is 32.1 Å². The highest BCUT2D eigenvalue weighted by molar-refractivity contribution is 5.04. The Hall–Kier alpha value is -1.29. The minimum absolute atomic E-state index is 0.501. The van der Waals surface area contributed by atoms with Crippen LogP contribution in [-0.2, 0) is 0 Å². The van der Waals surface area contributed by atoms with Crippen LogP contribution in [0.4, 0.5) is 0 Å². The lowest BCUT2D eigenvalue weighted by Gasteiger charge is -1.90. The van der Waals surface area contributed by atoms with Crippen molar-refractivity contribution >= 4 is 0 Å². The van der Waals surface area contributed by atoms with Gasteiger partial charge in [0.1, 0.15) is 0 Å². The lowest BCUT2D eigenvalue weighted by molar-refractivity contribution is 0.763. The number of rotatable bonds is 7. The molecule has 13 heavy (non-hydrogen) atoms. The van der Waals surface area contributed by atoms with E-state index in [1.165, 1.54) is 12.8 Å². The smallest absolute Gasteiger partial charge is 0.0663 e. The third-order valence-corrected chi connectivity index (χ3v) is 1.62. The number of nitriles is 1. The fourth-order valence-electron chi connectivity index (χ4n) is 0.925. The summed E-state index contributed by atoms with van der Waals surface area (Å²) in [4.78, 5) is 0. The molecule has 0 aliphatic rings. The zero-order valence-corrected chi connectivity index (χ0v) is 8.08. The van der Waals surface area contributed by atoms with Gasteiger partial charge in [0.05, 0.1) is 12.5 Å². The number of hydrogen-bond donors (Lipinski definition) is 0. The van der Waals surface area contributed by atoms with Crippen LogP contribution in [0.2, 0.25) is 0 Å². The maximum Gasteiger partial charge on any atom is 0.0663 e. The van der Waals surface area contributed by atoms with E-state index in [1.807, 2.05) is 24.3 Å². The molecule has 0 unspecified atom stereocenters. The standard InChI is InChI=1S/C12H17N/c1-2-3-4-5-6-7-8-9-10-11-12-13/h2,7-10H,1,3-6,11H2/b8-7+,10-9+. The van der Waals surface area contributed by atoms with Crippen LogP contribution in [0, 0.1) is 11.3 Å². The molecular weight excluding hydrogens is 158 g/mol. The highest BCUT2D eigenvalue weighted by atomic mass is 14.2. The van der Waals surface area contributed by atoms with Crippen LogP contribution in [0.15, 0.2) is 37.0 Å². The van der Waals surface area contributed by atoms with Gasteiger partial charge in [-0.05, 0) is 25.7 Å². The van der Waals surface area contributed by atoms with Gasteiger partial charge in [0.15, 0.2) is 0 Å². The van der Waals surface area contributed by atoms with Gasteiger partial charge in [-0.3, -0.25) is 0 Å². The van der Waals surface area contributed by atoms with Crippen molar-refractivity contribution in [3.8, 4) is 6.07 Å². The average molecular weight is 175 g/mol. The minimum atomic E-state index is 0.501. The van der Waals surface area contributed by atoms with E-state index < -0.39 is 0 Å². The largest absolute Gasteiger partial charge is 0.198 e. The first-order valence-corrected chi connectivity index (χ1v) is 4.71. The molecule has 1 nitrogen and oxygen atoms in total. The average Bonchev–Trinajstić information content (AvgIpc) is 2.16. The first-order valence-electron chi connectivity index (χ1n) is 4.71. The van der Waals surface area contributed by atoms with E-state index >= 15 is 0 Å². The van der Waals surface area contributed by atoms with E-state index in [1.54, 1.807) is 0 Å². The molecule has 0 rings (SSSR count). The fraction of sp³-hybridized carbons (Fsp3) is 0.417. The molecule has 0 atom stereocenters. The predicted molar refractivity (Wildman–Crippen MR) is 57.2 cm³/mol. The van der Waals surface area contributed by atoms with Crippen molar-refractivity contribution in [3.63, 3.8) is 0 Å². The van der Waals surface area contributed by atoms with E-state index in [4.69, 9.17) is 5.26 Å². The molecule has 0 heterocycles. The zero-order chi connectivity index (χ0) is 9.78. The molecule has 0 aliphatic carbocycles. The molecule has 0 amide bonds.